The first-order chi connectivity index (χ1) is 31.6. The molecule has 3 N–H and O–H groups in total. The van der Waals surface area contributed by atoms with Crippen molar-refractivity contribution in [1.82, 2.24) is 29.4 Å². The largest absolute Gasteiger partial charge is 0.497 e. The van der Waals surface area contributed by atoms with Crippen molar-refractivity contribution >= 4 is 34.1 Å². The Kier molecular flexibility index (Phi) is 18.2. The van der Waals surface area contributed by atoms with Crippen LogP contribution in [0.2, 0.25) is 0 Å². The van der Waals surface area contributed by atoms with Crippen LogP contribution in [-0.2, 0) is 23.6 Å². The number of nitrogens with zero attached hydrogens (tertiary/aromatic N) is 6. The number of benzene rings is 4. The van der Waals surface area contributed by atoms with Gasteiger partial charge in [0, 0.05) is 99.4 Å². The summed E-state index contributed by atoms with van der Waals surface area (Å²) in [5.74, 6) is 2.65. The Balaban J connectivity index is 0.000000182. The Morgan fingerprint density at radius 3 is 1.65 bits per heavy atom. The summed E-state index contributed by atoms with van der Waals surface area (Å²) in [7, 11) is 6.91. The molecule has 16 nitrogen and oxygen atoms in total. The summed E-state index contributed by atoms with van der Waals surface area (Å²) < 4.78 is 36.6. The van der Waals surface area contributed by atoms with E-state index >= 15 is 0 Å². The number of amides is 1. The van der Waals surface area contributed by atoms with E-state index in [0.717, 1.165) is 105 Å². The van der Waals surface area contributed by atoms with Crippen molar-refractivity contribution < 1.29 is 38.0 Å². The van der Waals surface area contributed by atoms with Crippen molar-refractivity contribution in [2.75, 3.05) is 104 Å². The molecule has 1 amide bonds. The number of aryl methyl sites for hydroxylation is 2. The highest BCUT2D eigenvalue weighted by atomic mass is 35.5. The Hall–Kier alpha value is -6.43. The fourth-order valence-corrected chi connectivity index (χ4v) is 7.13. The molecule has 2 fully saturated rings. The van der Waals surface area contributed by atoms with Gasteiger partial charge in [0.15, 0.2) is 0 Å². The minimum atomic E-state index is -0.469. The third-order valence-corrected chi connectivity index (χ3v) is 10.8. The zero-order chi connectivity index (χ0) is 46.0. The van der Waals surface area contributed by atoms with Gasteiger partial charge in [0.1, 0.15) is 36.2 Å². The third-order valence-electron chi connectivity index (χ3n) is 10.6. The van der Waals surface area contributed by atoms with Gasteiger partial charge in [-0.2, -0.15) is 10.2 Å². The van der Waals surface area contributed by atoms with Gasteiger partial charge in [-0.3, -0.25) is 28.8 Å². The van der Waals surface area contributed by atoms with Gasteiger partial charge < -0.3 is 39.5 Å². The molecule has 0 atom stereocenters. The van der Waals surface area contributed by atoms with Gasteiger partial charge in [-0.25, -0.2) is 0 Å². The first-order valence-corrected chi connectivity index (χ1v) is 21.6. The lowest BCUT2D eigenvalue weighted by Gasteiger charge is -2.26. The van der Waals surface area contributed by atoms with E-state index < -0.39 is 5.24 Å². The van der Waals surface area contributed by atoms with E-state index in [1.807, 2.05) is 67.3 Å². The molecule has 2 aliphatic heterocycles. The molecular formula is C48H57ClN8O8. The molecule has 17 heteroatoms. The van der Waals surface area contributed by atoms with Crippen LogP contribution in [0, 0.1) is 0 Å². The Labute approximate surface area is 384 Å². The van der Waals surface area contributed by atoms with E-state index in [9.17, 15) is 9.59 Å². The number of nitrogen functional groups attached to an aromatic ring is 1. The van der Waals surface area contributed by atoms with Crippen LogP contribution < -0.4 is 30.0 Å². The Morgan fingerprint density at radius 1 is 0.662 bits per heavy atom. The molecule has 0 spiro atoms. The number of rotatable bonds is 15. The standard InChI is InChI=1S/C24H28N4O4.C16H22N4O2.C8H7ClO2/c1-27-22(8-9-25-27)21-17-19(26-24(29)18-4-3-5-20(16-18)30-2)6-7-23(21)32-15-12-28-10-13-31-14-11-28;1-19-15(4-5-18-19)14-12-13(17)2-3-16(14)22-11-8-20-6-9-21-10-7-20;1-11-7-4-2-3-6(5-7)8(9)10/h3-9,16-17H,10-15H2,1-2H3,(H,26,29);2-5,12H,6-11,17H2,1H3;2-5H,1H3. The lowest BCUT2D eigenvalue weighted by atomic mass is 10.1. The summed E-state index contributed by atoms with van der Waals surface area (Å²) in [5.41, 5.74) is 12.0. The molecule has 344 valence electrons. The number of carbonyl (C=O) groups excluding carboxylic acids is 2. The predicted octanol–water partition coefficient (Wildman–Crippen LogP) is 6.51. The molecule has 65 heavy (non-hydrogen) atoms. The lowest BCUT2D eigenvalue weighted by molar-refractivity contribution is 0.0322. The number of carbonyl (C=O) groups is 2. The van der Waals surface area contributed by atoms with Crippen LogP contribution in [0.5, 0.6) is 23.0 Å². The third kappa shape index (κ3) is 14.3. The highest BCUT2D eigenvalue weighted by Crippen LogP contribution is 2.33. The second-order valence-corrected chi connectivity index (χ2v) is 15.3. The van der Waals surface area contributed by atoms with E-state index in [1.165, 1.54) is 7.11 Å². The molecule has 0 unspecified atom stereocenters. The monoisotopic (exact) mass is 908 g/mol. The molecule has 2 aliphatic rings. The van der Waals surface area contributed by atoms with E-state index in [1.54, 1.807) is 72.7 Å². The number of aromatic nitrogens is 4. The quantitative estimate of drug-likeness (QED) is 0.0846. The molecular weight excluding hydrogens is 852 g/mol. The van der Waals surface area contributed by atoms with Crippen molar-refractivity contribution in [3.63, 3.8) is 0 Å². The van der Waals surface area contributed by atoms with Gasteiger partial charge in [-0.05, 0) is 96.5 Å². The summed E-state index contributed by atoms with van der Waals surface area (Å²) in [6, 6.07) is 29.0. The van der Waals surface area contributed by atoms with Crippen LogP contribution in [0.3, 0.4) is 0 Å². The highest BCUT2D eigenvalue weighted by Gasteiger charge is 2.17. The maximum absolute atomic E-state index is 12.7. The van der Waals surface area contributed by atoms with Crippen molar-refractivity contribution in [2.24, 2.45) is 14.1 Å². The number of halogens is 1. The average molecular weight is 909 g/mol. The number of methoxy groups -OCH3 is 2. The minimum Gasteiger partial charge on any atom is -0.497 e. The number of ether oxygens (including phenoxy) is 6. The molecule has 4 aromatic carbocycles. The van der Waals surface area contributed by atoms with E-state index in [4.69, 9.17) is 45.8 Å². The van der Waals surface area contributed by atoms with Gasteiger partial charge in [0.05, 0.1) is 52.0 Å². The van der Waals surface area contributed by atoms with Crippen molar-refractivity contribution in [2.45, 2.75) is 0 Å². The van der Waals surface area contributed by atoms with Gasteiger partial charge in [0.25, 0.3) is 11.1 Å². The molecule has 0 saturated carbocycles. The SMILES string of the molecule is COc1cccc(C(=O)Cl)c1.COc1cccc(C(=O)Nc2ccc(OCCN3CCOCC3)c(-c3ccnn3C)c2)c1.Cn1nccc1-c1cc(N)ccc1OCCN1CCOCC1. The molecule has 2 saturated heterocycles. The first-order valence-electron chi connectivity index (χ1n) is 21.3. The topological polar surface area (TPSA) is 170 Å². The maximum Gasteiger partial charge on any atom is 0.255 e. The number of morpholine rings is 2. The maximum atomic E-state index is 12.7. The van der Waals surface area contributed by atoms with E-state index in [-0.39, 0.29) is 5.91 Å². The molecule has 6 aromatic rings. The highest BCUT2D eigenvalue weighted by molar-refractivity contribution is 6.67. The number of nitrogens with one attached hydrogen (secondary N) is 1. The van der Waals surface area contributed by atoms with E-state index in [2.05, 4.69) is 25.3 Å². The number of anilines is 2. The van der Waals surface area contributed by atoms with Gasteiger partial charge in [-0.1, -0.05) is 12.1 Å². The van der Waals surface area contributed by atoms with Crippen LogP contribution in [0.1, 0.15) is 20.7 Å². The van der Waals surface area contributed by atoms with Crippen molar-refractivity contribution in [3.05, 3.63) is 121 Å². The zero-order valence-corrected chi connectivity index (χ0v) is 38.0. The molecule has 2 aromatic heterocycles. The molecule has 0 aliphatic carbocycles. The van der Waals surface area contributed by atoms with Crippen LogP contribution in [0.15, 0.2) is 109 Å². The van der Waals surface area contributed by atoms with Gasteiger partial charge >= 0.3 is 0 Å². The smallest absolute Gasteiger partial charge is 0.255 e. The molecule has 0 bridgehead atoms. The van der Waals surface area contributed by atoms with Gasteiger partial charge in [-0.15, -0.1) is 0 Å². The van der Waals surface area contributed by atoms with Crippen LogP contribution in [0.4, 0.5) is 11.4 Å². The van der Waals surface area contributed by atoms with Crippen molar-refractivity contribution in [1.29, 1.82) is 0 Å². The first kappa shape index (κ1) is 48.0. The fraction of sp³-hybridized carbons (Fsp3) is 0.333. The number of hydrogen-bond acceptors (Lipinski definition) is 13. The second kappa shape index (κ2) is 24.6. The normalized spacial score (nSPS) is 13.9. The number of nitrogens with two attached hydrogens (primary N) is 1. The summed E-state index contributed by atoms with van der Waals surface area (Å²) in [4.78, 5) is 28.1. The Morgan fingerprint density at radius 2 is 1.15 bits per heavy atom. The molecule has 4 heterocycles. The minimum absolute atomic E-state index is 0.208. The zero-order valence-electron chi connectivity index (χ0n) is 37.3. The van der Waals surface area contributed by atoms with Crippen LogP contribution >= 0.6 is 11.6 Å². The molecule has 8 rings (SSSR count). The second-order valence-electron chi connectivity index (χ2n) is 14.9. The summed E-state index contributed by atoms with van der Waals surface area (Å²) in [6.45, 7) is 9.89. The predicted molar refractivity (Wildman–Crippen MR) is 251 cm³/mol. The van der Waals surface area contributed by atoms with Crippen LogP contribution in [-0.4, -0.2) is 134 Å². The number of hydrogen-bond donors (Lipinski definition) is 2. The summed E-state index contributed by atoms with van der Waals surface area (Å²) in [6.07, 6.45) is 3.52. The summed E-state index contributed by atoms with van der Waals surface area (Å²) in [5, 5.41) is 11.0. The van der Waals surface area contributed by atoms with Gasteiger partial charge in [0.2, 0.25) is 0 Å². The summed E-state index contributed by atoms with van der Waals surface area (Å²) >= 11 is 5.24. The average Bonchev–Trinajstić information content (AvgIpc) is 3.98. The lowest BCUT2D eigenvalue weighted by Crippen LogP contribution is -2.38. The van der Waals surface area contributed by atoms with Crippen LogP contribution in [0.25, 0.3) is 22.5 Å². The fourth-order valence-electron chi connectivity index (χ4n) is 7.02. The molecule has 0 radical (unpaired) electrons. The Bertz CT molecular complexity index is 2450. The van der Waals surface area contributed by atoms with Crippen molar-refractivity contribution in [3.8, 4) is 45.5 Å². The van der Waals surface area contributed by atoms with E-state index in [0.29, 0.717) is 41.5 Å².